The molecule has 1 aliphatic rings. The molecule has 0 N–H and O–H groups in total. The number of rotatable bonds is 2. The summed E-state index contributed by atoms with van der Waals surface area (Å²) >= 11 is 0. The summed E-state index contributed by atoms with van der Waals surface area (Å²) in [7, 11) is 0. The summed E-state index contributed by atoms with van der Waals surface area (Å²) in [6, 6.07) is 0. The minimum atomic E-state index is -0.518. The van der Waals surface area contributed by atoms with Crippen molar-refractivity contribution < 1.29 is 4.39 Å². The molecule has 0 nitrogen and oxygen atoms in total. The second-order valence-corrected chi connectivity index (χ2v) is 4.58. The third-order valence-electron chi connectivity index (χ3n) is 3.30. The maximum absolute atomic E-state index is 13.2. The third-order valence-corrected chi connectivity index (χ3v) is 3.30. The van der Waals surface area contributed by atoms with E-state index in [1.807, 2.05) is 0 Å². The van der Waals surface area contributed by atoms with Gasteiger partial charge in [-0.25, -0.2) is 4.39 Å². The highest BCUT2D eigenvalue weighted by atomic mass is 19.1. The van der Waals surface area contributed by atoms with E-state index >= 15 is 0 Å². The topological polar surface area (TPSA) is 0 Å². The van der Waals surface area contributed by atoms with Gasteiger partial charge in [0.2, 0.25) is 0 Å². The minimum absolute atomic E-state index is 0.518. The van der Waals surface area contributed by atoms with Gasteiger partial charge in [-0.2, -0.15) is 0 Å². The maximum atomic E-state index is 13.2. The van der Waals surface area contributed by atoms with Crippen molar-refractivity contribution in [1.82, 2.24) is 0 Å². The van der Waals surface area contributed by atoms with Crippen LogP contribution in [0.4, 0.5) is 4.39 Å². The Balaban J connectivity index is 2.45. The van der Waals surface area contributed by atoms with Gasteiger partial charge in [-0.3, -0.25) is 0 Å². The molecule has 0 amide bonds. The molecule has 0 saturated heterocycles. The van der Waals surface area contributed by atoms with Crippen LogP contribution in [0.15, 0.2) is 0 Å². The molecule has 0 spiro atoms. The fraction of sp³-hybridized carbons (Fsp3) is 1.00. The molecule has 0 aromatic heterocycles. The van der Waals surface area contributed by atoms with Crippen LogP contribution >= 0.6 is 0 Å². The van der Waals surface area contributed by atoms with Gasteiger partial charge < -0.3 is 0 Å². The molecule has 0 heterocycles. The van der Waals surface area contributed by atoms with Crippen LogP contribution in [0, 0.1) is 17.8 Å². The lowest BCUT2D eigenvalue weighted by atomic mass is 9.74. The van der Waals surface area contributed by atoms with E-state index in [1.165, 1.54) is 6.42 Å². The average Bonchev–Trinajstić information content (AvgIpc) is 2.03. The molecule has 12 heavy (non-hydrogen) atoms. The molecule has 1 rings (SSSR count). The van der Waals surface area contributed by atoms with Crippen molar-refractivity contribution in [3.63, 3.8) is 0 Å². The quantitative estimate of drug-likeness (QED) is 0.594. The Hall–Kier alpha value is -0.0700. The summed E-state index contributed by atoms with van der Waals surface area (Å²) in [4.78, 5) is 0. The van der Waals surface area contributed by atoms with Crippen LogP contribution in [0.5, 0.6) is 0 Å². The van der Waals surface area contributed by atoms with Gasteiger partial charge in [0.15, 0.2) is 0 Å². The van der Waals surface area contributed by atoms with Crippen LogP contribution in [-0.2, 0) is 0 Å². The molecule has 3 unspecified atom stereocenters. The van der Waals surface area contributed by atoms with Gasteiger partial charge in [0.1, 0.15) is 6.17 Å². The maximum Gasteiger partial charge on any atom is 0.101 e. The summed E-state index contributed by atoms with van der Waals surface area (Å²) in [6.45, 7) is 6.62. The second-order valence-electron chi connectivity index (χ2n) is 4.58. The van der Waals surface area contributed by atoms with E-state index in [2.05, 4.69) is 20.8 Å². The Labute approximate surface area is 75.5 Å². The lowest BCUT2D eigenvalue weighted by molar-refractivity contribution is 0.119. The van der Waals surface area contributed by atoms with Crippen molar-refractivity contribution in [1.29, 1.82) is 0 Å². The SMILES string of the molecule is CCC1CC(F)CC(C(C)C)C1. The first-order valence-electron chi connectivity index (χ1n) is 5.27. The van der Waals surface area contributed by atoms with E-state index in [1.54, 1.807) is 0 Å². The number of halogens is 1. The first-order chi connectivity index (χ1) is 5.63. The fourth-order valence-corrected chi connectivity index (χ4v) is 2.28. The van der Waals surface area contributed by atoms with Crippen molar-refractivity contribution in [2.45, 2.75) is 52.6 Å². The summed E-state index contributed by atoms with van der Waals surface area (Å²) < 4.78 is 13.2. The Bertz CT molecular complexity index is 131. The van der Waals surface area contributed by atoms with Crippen molar-refractivity contribution >= 4 is 0 Å². The van der Waals surface area contributed by atoms with E-state index in [4.69, 9.17) is 0 Å². The lowest BCUT2D eigenvalue weighted by Gasteiger charge is -2.33. The van der Waals surface area contributed by atoms with Crippen LogP contribution in [0.1, 0.15) is 46.5 Å². The van der Waals surface area contributed by atoms with Crippen molar-refractivity contribution in [2.75, 3.05) is 0 Å². The molecule has 0 aliphatic heterocycles. The first kappa shape index (κ1) is 10.0. The van der Waals surface area contributed by atoms with E-state index < -0.39 is 6.17 Å². The summed E-state index contributed by atoms with van der Waals surface area (Å²) in [6.07, 6.45) is 3.53. The van der Waals surface area contributed by atoms with Crippen LogP contribution < -0.4 is 0 Å². The van der Waals surface area contributed by atoms with Crippen molar-refractivity contribution in [2.24, 2.45) is 17.8 Å². The number of alkyl halides is 1. The van der Waals surface area contributed by atoms with Crippen molar-refractivity contribution in [3.05, 3.63) is 0 Å². The average molecular weight is 172 g/mol. The number of hydrogen-bond acceptors (Lipinski definition) is 0. The second kappa shape index (κ2) is 4.25. The fourth-order valence-electron chi connectivity index (χ4n) is 2.28. The van der Waals surface area contributed by atoms with Gasteiger partial charge in [-0.05, 0) is 37.0 Å². The van der Waals surface area contributed by atoms with Gasteiger partial charge in [-0.15, -0.1) is 0 Å². The molecule has 0 bridgehead atoms. The Morgan fingerprint density at radius 3 is 2.42 bits per heavy atom. The standard InChI is InChI=1S/C11H21F/c1-4-9-5-10(8(2)3)7-11(12)6-9/h8-11H,4-7H2,1-3H3. The highest BCUT2D eigenvalue weighted by Gasteiger charge is 2.29. The molecular formula is C11H21F. The molecule has 1 aliphatic carbocycles. The molecule has 72 valence electrons. The van der Waals surface area contributed by atoms with Gasteiger partial charge in [0.25, 0.3) is 0 Å². The summed E-state index contributed by atoms with van der Waals surface area (Å²) in [5.74, 6) is 1.96. The van der Waals surface area contributed by atoms with E-state index in [-0.39, 0.29) is 0 Å². The Morgan fingerprint density at radius 2 is 1.92 bits per heavy atom. The molecule has 1 fully saturated rings. The van der Waals surface area contributed by atoms with Crippen LogP contribution in [0.25, 0.3) is 0 Å². The van der Waals surface area contributed by atoms with Crippen LogP contribution in [-0.4, -0.2) is 6.17 Å². The van der Waals surface area contributed by atoms with Gasteiger partial charge >= 0.3 is 0 Å². The number of hydrogen-bond donors (Lipinski definition) is 0. The normalized spacial score (nSPS) is 37.2. The van der Waals surface area contributed by atoms with E-state index in [0.29, 0.717) is 17.8 Å². The zero-order valence-corrected chi connectivity index (χ0v) is 8.52. The highest BCUT2D eigenvalue weighted by molar-refractivity contribution is 4.79. The predicted molar refractivity (Wildman–Crippen MR) is 50.9 cm³/mol. The van der Waals surface area contributed by atoms with E-state index in [0.717, 1.165) is 19.3 Å². The van der Waals surface area contributed by atoms with Crippen LogP contribution in [0.2, 0.25) is 0 Å². The van der Waals surface area contributed by atoms with E-state index in [9.17, 15) is 4.39 Å². The molecule has 1 heteroatoms. The zero-order chi connectivity index (χ0) is 9.14. The van der Waals surface area contributed by atoms with Gasteiger partial charge in [0.05, 0.1) is 0 Å². The Morgan fingerprint density at radius 1 is 1.25 bits per heavy atom. The first-order valence-corrected chi connectivity index (χ1v) is 5.27. The monoisotopic (exact) mass is 172 g/mol. The minimum Gasteiger partial charge on any atom is -0.247 e. The molecular weight excluding hydrogens is 151 g/mol. The molecule has 0 aromatic carbocycles. The molecule has 3 atom stereocenters. The zero-order valence-electron chi connectivity index (χ0n) is 8.52. The lowest BCUT2D eigenvalue weighted by Crippen LogP contribution is -2.26. The van der Waals surface area contributed by atoms with Gasteiger partial charge in [-0.1, -0.05) is 27.2 Å². The highest BCUT2D eigenvalue weighted by Crippen LogP contribution is 2.36. The predicted octanol–water partition coefficient (Wildman–Crippen LogP) is 3.81. The molecule has 0 aromatic rings. The van der Waals surface area contributed by atoms with Gasteiger partial charge in [0, 0.05) is 0 Å². The summed E-state index contributed by atoms with van der Waals surface area (Å²) in [5.41, 5.74) is 0. The van der Waals surface area contributed by atoms with Crippen LogP contribution in [0.3, 0.4) is 0 Å². The smallest absolute Gasteiger partial charge is 0.101 e. The Kier molecular flexibility index (Phi) is 3.54. The largest absolute Gasteiger partial charge is 0.247 e. The molecule has 0 radical (unpaired) electrons. The summed E-state index contributed by atoms with van der Waals surface area (Å²) in [5, 5.41) is 0. The third kappa shape index (κ3) is 2.46. The van der Waals surface area contributed by atoms with Crippen molar-refractivity contribution in [3.8, 4) is 0 Å². The molecule has 1 saturated carbocycles.